The summed E-state index contributed by atoms with van der Waals surface area (Å²) in [5.74, 6) is 0. The van der Waals surface area contributed by atoms with Gasteiger partial charge >= 0.3 is 0 Å². The summed E-state index contributed by atoms with van der Waals surface area (Å²) in [5.41, 5.74) is 0. The van der Waals surface area contributed by atoms with Crippen LogP contribution in [0, 0.1) is 0 Å². The molecule has 0 radical (unpaired) electrons. The highest BCUT2D eigenvalue weighted by Crippen LogP contribution is 2.27. The number of hydrogen-bond acceptors (Lipinski definition) is 2. The van der Waals surface area contributed by atoms with Gasteiger partial charge in [0.05, 0.1) is 9.83 Å². The maximum Gasteiger partial charge on any atom is 0.0702 e. The van der Waals surface area contributed by atoms with Crippen LogP contribution in [0.3, 0.4) is 0 Å². The van der Waals surface area contributed by atoms with Crippen LogP contribution in [0.5, 0.6) is 0 Å². The van der Waals surface area contributed by atoms with Gasteiger partial charge in [-0.05, 0) is 35.1 Å². The van der Waals surface area contributed by atoms with Crippen molar-refractivity contribution in [3.05, 3.63) is 33.5 Å². The average molecular weight is 232 g/mol. The van der Waals surface area contributed by atoms with E-state index < -0.39 is 0 Å². The predicted molar refractivity (Wildman–Crippen MR) is 54.0 cm³/mol. The number of rotatable bonds is 3. The molecular weight excluding hydrogens is 222 g/mol. The summed E-state index contributed by atoms with van der Waals surface area (Å²) in [5, 5.41) is 3.15. The van der Waals surface area contributed by atoms with Crippen molar-refractivity contribution in [2.45, 2.75) is 6.04 Å². The zero-order valence-corrected chi connectivity index (χ0v) is 8.71. The minimum Gasteiger partial charge on any atom is -0.309 e. The molecule has 1 rings (SSSR count). The van der Waals surface area contributed by atoms with Gasteiger partial charge < -0.3 is 5.32 Å². The Hall–Kier alpha value is -0.120. The molecule has 11 heavy (non-hydrogen) atoms. The highest BCUT2D eigenvalue weighted by molar-refractivity contribution is 9.11. The molecule has 0 spiro atoms. The van der Waals surface area contributed by atoms with Gasteiger partial charge in [0.2, 0.25) is 0 Å². The molecule has 0 amide bonds. The zero-order valence-electron chi connectivity index (χ0n) is 6.30. The Morgan fingerprint density at radius 3 is 2.82 bits per heavy atom. The molecule has 60 valence electrons. The summed E-state index contributed by atoms with van der Waals surface area (Å²) in [4.78, 5) is 1.29. The number of nitrogens with one attached hydrogen (secondary N) is 1. The second-order valence-electron chi connectivity index (χ2n) is 2.14. The van der Waals surface area contributed by atoms with Crippen LogP contribution in [-0.4, -0.2) is 7.05 Å². The van der Waals surface area contributed by atoms with Crippen molar-refractivity contribution in [3.63, 3.8) is 0 Å². The molecule has 0 saturated carbocycles. The van der Waals surface area contributed by atoms with Gasteiger partial charge in [0.25, 0.3) is 0 Å². The molecule has 1 nitrogen and oxygen atoms in total. The second kappa shape index (κ2) is 4.04. The lowest BCUT2D eigenvalue weighted by atomic mass is 10.2. The Morgan fingerprint density at radius 1 is 1.73 bits per heavy atom. The van der Waals surface area contributed by atoms with Gasteiger partial charge in [0.15, 0.2) is 0 Å². The van der Waals surface area contributed by atoms with E-state index in [-0.39, 0.29) is 6.04 Å². The van der Waals surface area contributed by atoms with E-state index in [1.807, 2.05) is 19.2 Å². The molecular formula is C8H10BrNS. The molecule has 0 aliphatic rings. The maximum atomic E-state index is 3.75. The Balaban J connectivity index is 2.81. The molecule has 1 heterocycles. The van der Waals surface area contributed by atoms with Crippen molar-refractivity contribution in [3.8, 4) is 0 Å². The first-order valence-electron chi connectivity index (χ1n) is 3.33. The molecule has 0 aromatic carbocycles. The van der Waals surface area contributed by atoms with Gasteiger partial charge in [-0.15, -0.1) is 17.9 Å². The lowest BCUT2D eigenvalue weighted by Gasteiger charge is -2.06. The maximum absolute atomic E-state index is 3.75. The lowest BCUT2D eigenvalue weighted by Crippen LogP contribution is -2.11. The molecule has 0 saturated heterocycles. The molecule has 1 atom stereocenters. The molecule has 0 bridgehead atoms. The van der Waals surface area contributed by atoms with E-state index in [4.69, 9.17) is 0 Å². The summed E-state index contributed by atoms with van der Waals surface area (Å²) >= 11 is 5.14. The Bertz CT molecular complexity index is 244. The van der Waals surface area contributed by atoms with Crippen molar-refractivity contribution in [2.75, 3.05) is 7.05 Å². The minimum atomic E-state index is 0.284. The van der Waals surface area contributed by atoms with Gasteiger partial charge in [0, 0.05) is 4.88 Å². The summed E-state index contributed by atoms with van der Waals surface area (Å²) in [7, 11) is 1.93. The molecule has 1 unspecified atom stereocenters. The summed E-state index contributed by atoms with van der Waals surface area (Å²) < 4.78 is 1.16. The first kappa shape index (κ1) is 8.97. The third-order valence-electron chi connectivity index (χ3n) is 1.45. The van der Waals surface area contributed by atoms with E-state index >= 15 is 0 Å². The fourth-order valence-electron chi connectivity index (χ4n) is 0.872. The molecule has 1 aromatic rings. The molecule has 1 aromatic heterocycles. The van der Waals surface area contributed by atoms with Gasteiger partial charge in [-0.1, -0.05) is 6.08 Å². The van der Waals surface area contributed by atoms with Crippen LogP contribution in [0.15, 0.2) is 28.6 Å². The summed E-state index contributed by atoms with van der Waals surface area (Å²) in [6.45, 7) is 3.75. The van der Waals surface area contributed by atoms with Crippen molar-refractivity contribution in [1.82, 2.24) is 5.32 Å². The number of hydrogen-bond donors (Lipinski definition) is 1. The quantitative estimate of drug-likeness (QED) is 0.790. The standard InChI is InChI=1S/C8H10BrNS/c1-3-6(10-2)7-4-5-8(9)11-7/h3-6,10H,1H2,2H3. The van der Waals surface area contributed by atoms with Crippen LogP contribution in [0.1, 0.15) is 10.9 Å². The van der Waals surface area contributed by atoms with E-state index in [2.05, 4.69) is 33.9 Å². The first-order valence-corrected chi connectivity index (χ1v) is 4.94. The van der Waals surface area contributed by atoms with Crippen molar-refractivity contribution >= 4 is 27.3 Å². The normalized spacial score (nSPS) is 12.9. The molecule has 3 heteroatoms. The predicted octanol–water partition coefficient (Wildman–Crippen LogP) is 2.96. The van der Waals surface area contributed by atoms with Crippen LogP contribution in [0.2, 0.25) is 0 Å². The zero-order chi connectivity index (χ0) is 8.27. The number of thiophene rings is 1. The van der Waals surface area contributed by atoms with Crippen LogP contribution in [-0.2, 0) is 0 Å². The van der Waals surface area contributed by atoms with E-state index in [1.165, 1.54) is 4.88 Å². The third kappa shape index (κ3) is 2.15. The highest BCUT2D eigenvalue weighted by Gasteiger charge is 2.05. The minimum absolute atomic E-state index is 0.284. The van der Waals surface area contributed by atoms with Gasteiger partial charge in [-0.3, -0.25) is 0 Å². The fraction of sp³-hybridized carbons (Fsp3) is 0.250. The molecule has 1 N–H and O–H groups in total. The van der Waals surface area contributed by atoms with E-state index in [0.717, 1.165) is 3.79 Å². The van der Waals surface area contributed by atoms with E-state index in [0.29, 0.717) is 0 Å². The average Bonchev–Trinajstić information content (AvgIpc) is 2.39. The van der Waals surface area contributed by atoms with Crippen molar-refractivity contribution in [1.29, 1.82) is 0 Å². The van der Waals surface area contributed by atoms with Crippen LogP contribution in [0.4, 0.5) is 0 Å². The Morgan fingerprint density at radius 2 is 2.45 bits per heavy atom. The smallest absolute Gasteiger partial charge is 0.0702 e. The van der Waals surface area contributed by atoms with Crippen molar-refractivity contribution < 1.29 is 0 Å². The monoisotopic (exact) mass is 231 g/mol. The second-order valence-corrected chi connectivity index (χ2v) is 4.64. The molecule has 0 aliphatic carbocycles. The van der Waals surface area contributed by atoms with E-state index in [9.17, 15) is 0 Å². The summed E-state index contributed by atoms with van der Waals surface area (Å²) in [6.07, 6.45) is 1.90. The van der Waals surface area contributed by atoms with Crippen molar-refractivity contribution in [2.24, 2.45) is 0 Å². The fourth-order valence-corrected chi connectivity index (χ4v) is 2.40. The van der Waals surface area contributed by atoms with Gasteiger partial charge in [-0.25, -0.2) is 0 Å². The van der Waals surface area contributed by atoms with Gasteiger partial charge in [0.1, 0.15) is 0 Å². The Kier molecular flexibility index (Phi) is 3.30. The first-order chi connectivity index (χ1) is 5.27. The van der Waals surface area contributed by atoms with E-state index in [1.54, 1.807) is 11.3 Å². The molecule has 0 aliphatic heterocycles. The van der Waals surface area contributed by atoms with Crippen LogP contribution >= 0.6 is 27.3 Å². The van der Waals surface area contributed by atoms with Gasteiger partial charge in [-0.2, -0.15) is 0 Å². The number of likely N-dealkylation sites (N-methyl/N-ethyl adjacent to an activating group) is 1. The number of halogens is 1. The molecule has 0 fully saturated rings. The topological polar surface area (TPSA) is 12.0 Å². The SMILES string of the molecule is C=CC(NC)c1ccc(Br)s1. The Labute approximate surface area is 79.3 Å². The third-order valence-corrected chi connectivity index (χ3v) is 3.15. The lowest BCUT2D eigenvalue weighted by molar-refractivity contribution is 0.729. The van der Waals surface area contributed by atoms with Crippen LogP contribution < -0.4 is 5.32 Å². The highest BCUT2D eigenvalue weighted by atomic mass is 79.9. The largest absolute Gasteiger partial charge is 0.309 e. The van der Waals surface area contributed by atoms with Crippen LogP contribution in [0.25, 0.3) is 0 Å². The summed E-state index contributed by atoms with van der Waals surface area (Å²) in [6, 6.07) is 4.43.